The quantitative estimate of drug-likeness (QED) is 0.449. The number of phenols is 1. The largest absolute Gasteiger partial charge is 0.512 e. The molecular weight excluding hydrogens is 316 g/mol. The first-order valence-electron chi connectivity index (χ1n) is 8.23. The third-order valence-corrected chi connectivity index (χ3v) is 4.03. The first-order valence-corrected chi connectivity index (χ1v) is 8.23. The minimum Gasteiger partial charge on any atom is -0.512 e. The van der Waals surface area contributed by atoms with E-state index in [0.717, 1.165) is 5.57 Å². The van der Waals surface area contributed by atoms with E-state index in [0.29, 0.717) is 29.9 Å². The third kappa shape index (κ3) is 4.86. The molecule has 4 nitrogen and oxygen atoms in total. The van der Waals surface area contributed by atoms with Gasteiger partial charge < -0.3 is 14.9 Å². The summed E-state index contributed by atoms with van der Waals surface area (Å²) in [5.74, 6) is 0.496. The van der Waals surface area contributed by atoms with Gasteiger partial charge in [-0.3, -0.25) is 4.79 Å². The van der Waals surface area contributed by atoms with Gasteiger partial charge in [-0.15, -0.1) is 0 Å². The Labute approximate surface area is 148 Å². The van der Waals surface area contributed by atoms with Crippen LogP contribution in [0.5, 0.6) is 11.5 Å². The number of aliphatic hydroxyl groups is 1. The molecule has 0 spiro atoms. The lowest BCUT2D eigenvalue weighted by Crippen LogP contribution is -2.03. The Bertz CT molecular complexity index is 762. The van der Waals surface area contributed by atoms with Crippen molar-refractivity contribution in [3.05, 3.63) is 71.0 Å². The number of phenolic OH excluding ortho intramolecular Hbond substituents is 1. The highest BCUT2D eigenvalue weighted by molar-refractivity contribution is 6.07. The van der Waals surface area contributed by atoms with Gasteiger partial charge in [0.25, 0.3) is 0 Å². The lowest BCUT2D eigenvalue weighted by atomic mass is 9.96. The summed E-state index contributed by atoms with van der Waals surface area (Å²) < 4.78 is 5.30. The topological polar surface area (TPSA) is 66.8 Å². The van der Waals surface area contributed by atoms with Gasteiger partial charge in [0.05, 0.1) is 18.4 Å². The van der Waals surface area contributed by atoms with E-state index in [4.69, 9.17) is 4.74 Å². The molecule has 0 saturated heterocycles. The number of ether oxygens (including phenoxy) is 1. The summed E-state index contributed by atoms with van der Waals surface area (Å²) in [6, 6.07) is 3.27. The summed E-state index contributed by atoms with van der Waals surface area (Å²) in [6.45, 7) is 3.95. The van der Waals surface area contributed by atoms with Crippen molar-refractivity contribution in [2.24, 2.45) is 5.92 Å². The SMILES string of the molecule is COc1ccc(C(=O)C=CC2C=CC=C(O)C2)c(O)c1CC=C(C)C. The van der Waals surface area contributed by atoms with E-state index in [1.807, 2.05) is 26.0 Å². The maximum absolute atomic E-state index is 12.5. The molecule has 0 fully saturated rings. The van der Waals surface area contributed by atoms with Gasteiger partial charge in [-0.2, -0.15) is 0 Å². The molecule has 2 N–H and O–H groups in total. The lowest BCUT2D eigenvalue weighted by molar-refractivity contribution is 0.104. The number of carbonyl (C=O) groups excluding carboxylic acids is 1. The lowest BCUT2D eigenvalue weighted by Gasteiger charge is -2.13. The van der Waals surface area contributed by atoms with Crippen LogP contribution in [0.1, 0.15) is 36.2 Å². The highest BCUT2D eigenvalue weighted by Crippen LogP contribution is 2.33. The molecule has 1 aromatic rings. The van der Waals surface area contributed by atoms with Crippen LogP contribution < -0.4 is 4.74 Å². The zero-order valence-corrected chi connectivity index (χ0v) is 14.8. The van der Waals surface area contributed by atoms with E-state index in [1.54, 1.807) is 30.4 Å². The van der Waals surface area contributed by atoms with Crippen LogP contribution in [0.15, 0.2) is 59.9 Å². The van der Waals surface area contributed by atoms with E-state index in [1.165, 1.54) is 13.2 Å². The van der Waals surface area contributed by atoms with Crippen LogP contribution in [-0.2, 0) is 6.42 Å². The predicted octanol–water partition coefficient (Wildman–Crippen LogP) is 4.67. The van der Waals surface area contributed by atoms with Crippen LogP contribution in [-0.4, -0.2) is 23.1 Å². The summed E-state index contributed by atoms with van der Waals surface area (Å²) >= 11 is 0. The molecule has 0 heterocycles. The van der Waals surface area contributed by atoms with Gasteiger partial charge in [-0.25, -0.2) is 0 Å². The van der Waals surface area contributed by atoms with Crippen molar-refractivity contribution >= 4 is 5.78 Å². The molecule has 1 atom stereocenters. The smallest absolute Gasteiger partial charge is 0.189 e. The number of hydrogen-bond acceptors (Lipinski definition) is 4. The maximum atomic E-state index is 12.5. The summed E-state index contributed by atoms with van der Waals surface area (Å²) in [5, 5.41) is 20.1. The van der Waals surface area contributed by atoms with E-state index < -0.39 is 0 Å². The number of benzene rings is 1. The Morgan fingerprint density at radius 2 is 2.08 bits per heavy atom. The second-order valence-corrected chi connectivity index (χ2v) is 6.26. The van der Waals surface area contributed by atoms with Gasteiger partial charge in [0.15, 0.2) is 5.78 Å². The monoisotopic (exact) mass is 340 g/mol. The average molecular weight is 340 g/mol. The summed E-state index contributed by atoms with van der Waals surface area (Å²) in [7, 11) is 1.54. The van der Waals surface area contributed by atoms with Crippen molar-refractivity contribution in [3.8, 4) is 11.5 Å². The number of methoxy groups -OCH3 is 1. The highest BCUT2D eigenvalue weighted by Gasteiger charge is 2.17. The van der Waals surface area contributed by atoms with E-state index in [-0.39, 0.29) is 23.0 Å². The minimum atomic E-state index is -0.277. The number of allylic oxidation sites excluding steroid dienone is 8. The van der Waals surface area contributed by atoms with Crippen LogP contribution in [0.25, 0.3) is 0 Å². The third-order valence-electron chi connectivity index (χ3n) is 4.03. The van der Waals surface area contributed by atoms with Gasteiger partial charge in [0, 0.05) is 17.9 Å². The van der Waals surface area contributed by atoms with Gasteiger partial charge in [-0.05, 0) is 44.6 Å². The van der Waals surface area contributed by atoms with E-state index in [2.05, 4.69) is 0 Å². The minimum absolute atomic E-state index is 0.0283. The molecule has 4 heteroatoms. The molecule has 0 amide bonds. The van der Waals surface area contributed by atoms with Crippen molar-refractivity contribution in [2.75, 3.05) is 7.11 Å². The Hall–Kier alpha value is -2.75. The molecule has 0 bridgehead atoms. The number of carbonyl (C=O) groups is 1. The Balaban J connectivity index is 2.24. The maximum Gasteiger partial charge on any atom is 0.189 e. The highest BCUT2D eigenvalue weighted by atomic mass is 16.5. The summed E-state index contributed by atoms with van der Waals surface area (Å²) in [6.07, 6.45) is 11.4. The van der Waals surface area contributed by atoms with Gasteiger partial charge in [0.2, 0.25) is 0 Å². The molecule has 132 valence electrons. The summed E-state index contributed by atoms with van der Waals surface area (Å²) in [4.78, 5) is 12.5. The molecule has 0 aromatic heterocycles. The molecule has 0 aliphatic heterocycles. The first kappa shape index (κ1) is 18.6. The Morgan fingerprint density at radius 1 is 1.32 bits per heavy atom. The number of rotatable bonds is 6. The molecule has 25 heavy (non-hydrogen) atoms. The number of ketones is 1. The molecule has 1 unspecified atom stereocenters. The molecule has 1 aliphatic rings. The number of hydrogen-bond donors (Lipinski definition) is 2. The van der Waals surface area contributed by atoms with Gasteiger partial charge >= 0.3 is 0 Å². The van der Waals surface area contributed by atoms with Crippen LogP contribution in [0.4, 0.5) is 0 Å². The van der Waals surface area contributed by atoms with Crippen molar-refractivity contribution < 1.29 is 19.7 Å². The zero-order chi connectivity index (χ0) is 18.4. The first-order chi connectivity index (χ1) is 11.9. The van der Waals surface area contributed by atoms with Crippen LogP contribution in [0, 0.1) is 5.92 Å². The molecule has 1 aromatic carbocycles. The molecule has 1 aliphatic carbocycles. The molecule has 0 saturated carbocycles. The Morgan fingerprint density at radius 3 is 2.72 bits per heavy atom. The molecular formula is C21H24O4. The average Bonchev–Trinajstić information content (AvgIpc) is 2.58. The molecule has 0 radical (unpaired) electrons. The van der Waals surface area contributed by atoms with Crippen molar-refractivity contribution in [1.29, 1.82) is 0 Å². The van der Waals surface area contributed by atoms with Gasteiger partial charge in [-0.1, -0.05) is 29.9 Å². The van der Waals surface area contributed by atoms with E-state index >= 15 is 0 Å². The van der Waals surface area contributed by atoms with Crippen molar-refractivity contribution in [2.45, 2.75) is 26.7 Å². The second-order valence-electron chi connectivity index (χ2n) is 6.26. The fraction of sp³-hybridized carbons (Fsp3) is 0.286. The van der Waals surface area contributed by atoms with Gasteiger partial charge in [0.1, 0.15) is 11.5 Å². The molecule has 2 rings (SSSR count). The zero-order valence-electron chi connectivity index (χ0n) is 14.8. The normalized spacial score (nSPS) is 16.6. The van der Waals surface area contributed by atoms with Crippen molar-refractivity contribution in [1.82, 2.24) is 0 Å². The summed E-state index contributed by atoms with van der Waals surface area (Å²) in [5.41, 5.74) is 1.96. The van der Waals surface area contributed by atoms with Crippen molar-refractivity contribution in [3.63, 3.8) is 0 Å². The standard InChI is InChI=1S/C21H24O4/c1-14(2)7-9-18-20(25-3)12-10-17(21(18)24)19(23)11-8-15-5-4-6-16(22)13-15/h4-8,10-12,15,22,24H,9,13H2,1-3H3. The predicted molar refractivity (Wildman–Crippen MR) is 99.2 cm³/mol. The fourth-order valence-electron chi connectivity index (χ4n) is 2.63. The number of aromatic hydroxyl groups is 1. The second kappa shape index (κ2) is 8.38. The van der Waals surface area contributed by atoms with Crippen LogP contribution >= 0.6 is 0 Å². The van der Waals surface area contributed by atoms with Crippen LogP contribution in [0.3, 0.4) is 0 Å². The number of aliphatic hydroxyl groups excluding tert-OH is 1. The fourth-order valence-corrected chi connectivity index (χ4v) is 2.63. The van der Waals surface area contributed by atoms with E-state index in [9.17, 15) is 15.0 Å². The van der Waals surface area contributed by atoms with Crippen LogP contribution in [0.2, 0.25) is 0 Å². The Kier molecular flexibility index (Phi) is 6.23.